The van der Waals surface area contributed by atoms with Crippen LogP contribution in [0.3, 0.4) is 0 Å². The molecule has 2 rings (SSSR count). The largest absolute Gasteiger partial charge is 0.381 e. The second-order valence-electron chi connectivity index (χ2n) is 4.75. The molecule has 0 radical (unpaired) electrons. The molecule has 0 heterocycles. The molecule has 0 aromatic heterocycles. The predicted octanol–water partition coefficient (Wildman–Crippen LogP) is 2.93. The van der Waals surface area contributed by atoms with E-state index in [4.69, 9.17) is 5.73 Å². The molecule has 88 valence electrons. The number of nitrogens with one attached hydrogen (secondary N) is 1. The average Bonchev–Trinajstić information content (AvgIpc) is 2.33. The van der Waals surface area contributed by atoms with Gasteiger partial charge in [-0.05, 0) is 37.0 Å². The summed E-state index contributed by atoms with van der Waals surface area (Å²) in [5.41, 5.74) is 8.72. The Morgan fingerprint density at radius 1 is 1.19 bits per heavy atom. The number of aryl methyl sites for hydroxylation is 1. The summed E-state index contributed by atoms with van der Waals surface area (Å²) in [6, 6.07) is 9.49. The molecule has 0 saturated heterocycles. The molecule has 16 heavy (non-hydrogen) atoms. The van der Waals surface area contributed by atoms with Crippen LogP contribution in [0.25, 0.3) is 0 Å². The summed E-state index contributed by atoms with van der Waals surface area (Å²) in [6.45, 7) is 2.18. The lowest BCUT2D eigenvalue weighted by molar-refractivity contribution is 0.404. The van der Waals surface area contributed by atoms with E-state index in [1.165, 1.54) is 30.5 Å². The summed E-state index contributed by atoms with van der Waals surface area (Å²) in [5.74, 6) is 0. The topological polar surface area (TPSA) is 38.0 Å². The molecule has 0 amide bonds. The molecule has 0 spiro atoms. The molecular formula is C14H22N2. The Kier molecular flexibility index (Phi) is 3.83. The van der Waals surface area contributed by atoms with Gasteiger partial charge in [0, 0.05) is 17.8 Å². The maximum absolute atomic E-state index is 6.12. The highest BCUT2D eigenvalue weighted by Crippen LogP contribution is 2.21. The molecule has 1 saturated carbocycles. The quantitative estimate of drug-likeness (QED) is 0.818. The van der Waals surface area contributed by atoms with Crippen LogP contribution < -0.4 is 11.1 Å². The van der Waals surface area contributed by atoms with Gasteiger partial charge in [-0.15, -0.1) is 0 Å². The molecule has 2 atom stereocenters. The lowest BCUT2D eigenvalue weighted by atomic mass is 9.91. The van der Waals surface area contributed by atoms with Crippen molar-refractivity contribution in [2.24, 2.45) is 5.73 Å². The predicted molar refractivity (Wildman–Crippen MR) is 69.7 cm³/mol. The highest BCUT2D eigenvalue weighted by atomic mass is 15.0. The van der Waals surface area contributed by atoms with E-state index < -0.39 is 0 Å². The second-order valence-corrected chi connectivity index (χ2v) is 4.75. The van der Waals surface area contributed by atoms with Crippen molar-refractivity contribution >= 4 is 5.69 Å². The number of benzene rings is 1. The van der Waals surface area contributed by atoms with Crippen molar-refractivity contribution in [2.75, 3.05) is 5.32 Å². The highest BCUT2D eigenvalue weighted by molar-refractivity contribution is 5.45. The van der Waals surface area contributed by atoms with Crippen molar-refractivity contribution < 1.29 is 0 Å². The first-order chi connectivity index (χ1) is 7.79. The third-order valence-electron chi connectivity index (χ3n) is 3.53. The first-order valence-corrected chi connectivity index (χ1v) is 6.40. The third-order valence-corrected chi connectivity index (χ3v) is 3.53. The van der Waals surface area contributed by atoms with Crippen molar-refractivity contribution in [1.82, 2.24) is 0 Å². The van der Waals surface area contributed by atoms with Crippen LogP contribution >= 0.6 is 0 Å². The van der Waals surface area contributed by atoms with Crippen LogP contribution in [0.15, 0.2) is 24.3 Å². The van der Waals surface area contributed by atoms with E-state index in [-0.39, 0.29) is 0 Å². The summed E-state index contributed by atoms with van der Waals surface area (Å²) < 4.78 is 0. The van der Waals surface area contributed by atoms with E-state index in [9.17, 15) is 0 Å². The van der Waals surface area contributed by atoms with Gasteiger partial charge in [-0.2, -0.15) is 0 Å². The minimum atomic E-state index is 0.319. The Morgan fingerprint density at radius 2 is 1.88 bits per heavy atom. The Morgan fingerprint density at radius 3 is 2.50 bits per heavy atom. The van der Waals surface area contributed by atoms with Crippen LogP contribution in [0.5, 0.6) is 0 Å². The monoisotopic (exact) mass is 218 g/mol. The van der Waals surface area contributed by atoms with Gasteiger partial charge in [-0.25, -0.2) is 0 Å². The summed E-state index contributed by atoms with van der Waals surface area (Å²) >= 11 is 0. The smallest absolute Gasteiger partial charge is 0.0412 e. The number of hydrogen-bond donors (Lipinski definition) is 2. The van der Waals surface area contributed by atoms with Gasteiger partial charge in [0.05, 0.1) is 0 Å². The second kappa shape index (κ2) is 5.35. The first kappa shape index (κ1) is 11.5. The van der Waals surface area contributed by atoms with E-state index in [0.29, 0.717) is 12.1 Å². The molecule has 1 aliphatic rings. The maximum Gasteiger partial charge on any atom is 0.0412 e. The van der Waals surface area contributed by atoms with Crippen molar-refractivity contribution in [1.29, 1.82) is 0 Å². The van der Waals surface area contributed by atoms with Crippen LogP contribution in [-0.4, -0.2) is 12.1 Å². The minimum Gasteiger partial charge on any atom is -0.381 e. The molecule has 2 nitrogen and oxygen atoms in total. The zero-order valence-electron chi connectivity index (χ0n) is 10.1. The normalized spacial score (nSPS) is 25.4. The average molecular weight is 218 g/mol. The maximum atomic E-state index is 6.12. The van der Waals surface area contributed by atoms with E-state index in [2.05, 4.69) is 36.5 Å². The van der Waals surface area contributed by atoms with E-state index in [0.717, 1.165) is 12.8 Å². The lowest BCUT2D eigenvalue weighted by Crippen LogP contribution is -2.42. The Balaban J connectivity index is 1.96. The van der Waals surface area contributed by atoms with Crippen molar-refractivity contribution in [2.45, 2.75) is 51.1 Å². The fourth-order valence-electron chi connectivity index (χ4n) is 2.39. The molecule has 1 aliphatic carbocycles. The summed E-state index contributed by atoms with van der Waals surface area (Å²) in [4.78, 5) is 0. The van der Waals surface area contributed by atoms with Crippen LogP contribution in [-0.2, 0) is 6.42 Å². The molecule has 2 unspecified atom stereocenters. The van der Waals surface area contributed by atoms with Gasteiger partial charge in [0.1, 0.15) is 0 Å². The highest BCUT2D eigenvalue weighted by Gasteiger charge is 2.21. The van der Waals surface area contributed by atoms with Gasteiger partial charge >= 0.3 is 0 Å². The summed E-state index contributed by atoms with van der Waals surface area (Å²) in [7, 11) is 0. The van der Waals surface area contributed by atoms with Gasteiger partial charge in [-0.1, -0.05) is 31.9 Å². The van der Waals surface area contributed by atoms with Gasteiger partial charge in [0.2, 0.25) is 0 Å². The zero-order valence-corrected chi connectivity index (χ0v) is 10.1. The van der Waals surface area contributed by atoms with Gasteiger partial charge in [0.15, 0.2) is 0 Å². The van der Waals surface area contributed by atoms with Crippen molar-refractivity contribution in [3.05, 3.63) is 29.8 Å². The van der Waals surface area contributed by atoms with Crippen LogP contribution in [0.4, 0.5) is 5.69 Å². The van der Waals surface area contributed by atoms with Crippen LogP contribution in [0.1, 0.15) is 38.2 Å². The Hall–Kier alpha value is -1.02. The van der Waals surface area contributed by atoms with Gasteiger partial charge in [-0.3, -0.25) is 0 Å². The standard InChI is InChI=1S/C14H22N2/c1-2-11-7-9-12(10-8-11)16-14-6-4-3-5-13(14)15/h7-10,13-14,16H,2-6,15H2,1H3. The fourth-order valence-corrected chi connectivity index (χ4v) is 2.39. The molecule has 2 heteroatoms. The van der Waals surface area contributed by atoms with Crippen LogP contribution in [0.2, 0.25) is 0 Å². The van der Waals surface area contributed by atoms with Crippen molar-refractivity contribution in [3.8, 4) is 0 Å². The van der Waals surface area contributed by atoms with E-state index >= 15 is 0 Å². The molecule has 1 aromatic rings. The molecule has 0 aliphatic heterocycles. The Labute approximate surface area is 98.2 Å². The summed E-state index contributed by atoms with van der Waals surface area (Å²) in [5, 5.41) is 3.56. The summed E-state index contributed by atoms with van der Waals surface area (Å²) in [6.07, 6.45) is 6.05. The SMILES string of the molecule is CCc1ccc(NC2CCCCC2N)cc1. The van der Waals surface area contributed by atoms with E-state index in [1.807, 2.05) is 0 Å². The van der Waals surface area contributed by atoms with E-state index in [1.54, 1.807) is 0 Å². The third kappa shape index (κ3) is 2.76. The molecule has 3 N–H and O–H groups in total. The number of rotatable bonds is 3. The Bertz CT molecular complexity index is 318. The number of nitrogens with two attached hydrogens (primary N) is 1. The zero-order chi connectivity index (χ0) is 11.4. The fraction of sp³-hybridized carbons (Fsp3) is 0.571. The van der Waals surface area contributed by atoms with Crippen LogP contribution in [0, 0.1) is 0 Å². The van der Waals surface area contributed by atoms with Crippen molar-refractivity contribution in [3.63, 3.8) is 0 Å². The minimum absolute atomic E-state index is 0.319. The van der Waals surface area contributed by atoms with Gasteiger partial charge in [0.25, 0.3) is 0 Å². The molecular weight excluding hydrogens is 196 g/mol. The molecule has 1 aromatic carbocycles. The lowest BCUT2D eigenvalue weighted by Gasteiger charge is -2.30. The molecule has 1 fully saturated rings. The number of hydrogen-bond acceptors (Lipinski definition) is 2. The van der Waals surface area contributed by atoms with Gasteiger partial charge < -0.3 is 11.1 Å². The number of anilines is 1. The molecule has 0 bridgehead atoms. The first-order valence-electron chi connectivity index (χ1n) is 6.40.